The average Bonchev–Trinajstić information content (AvgIpc) is 3.12. The summed E-state index contributed by atoms with van der Waals surface area (Å²) in [5.74, 6) is 1.14. The first kappa shape index (κ1) is 14.6. The highest BCUT2D eigenvalue weighted by atomic mass is 32.2. The summed E-state index contributed by atoms with van der Waals surface area (Å²) >= 11 is 1.61. The molecule has 3 heterocycles. The Morgan fingerprint density at radius 3 is 2.74 bits per heavy atom. The molecule has 1 atom stereocenters. The van der Waals surface area contributed by atoms with Gasteiger partial charge in [-0.05, 0) is 18.1 Å². The molecule has 4 rings (SSSR count). The first-order chi connectivity index (χ1) is 11.1. The van der Waals surface area contributed by atoms with E-state index in [0.717, 1.165) is 26.5 Å². The topological polar surface area (TPSA) is 72.0 Å². The Kier molecular flexibility index (Phi) is 3.54. The molecule has 0 unspecified atom stereocenters. The molecule has 0 amide bonds. The molecule has 0 aliphatic carbocycles. The largest absolute Gasteiger partial charge is 0.366 e. The van der Waals surface area contributed by atoms with Gasteiger partial charge in [0.05, 0.1) is 16.9 Å². The van der Waals surface area contributed by atoms with Crippen LogP contribution >= 0.6 is 11.3 Å². The van der Waals surface area contributed by atoms with Crippen LogP contribution in [-0.2, 0) is 9.84 Å². The van der Waals surface area contributed by atoms with Gasteiger partial charge >= 0.3 is 0 Å². The van der Waals surface area contributed by atoms with Crippen LogP contribution in [0.25, 0.3) is 20.7 Å². The van der Waals surface area contributed by atoms with Gasteiger partial charge in [0.2, 0.25) is 0 Å². The van der Waals surface area contributed by atoms with Gasteiger partial charge in [0.25, 0.3) is 0 Å². The molecule has 0 spiro atoms. The van der Waals surface area contributed by atoms with Gasteiger partial charge < -0.3 is 5.32 Å². The maximum Gasteiger partial charge on any atom is 0.152 e. The molecule has 3 aromatic rings. The van der Waals surface area contributed by atoms with Crippen molar-refractivity contribution < 1.29 is 8.42 Å². The van der Waals surface area contributed by atoms with E-state index in [4.69, 9.17) is 0 Å². The zero-order chi connectivity index (χ0) is 15.9. The molecule has 23 heavy (non-hydrogen) atoms. The van der Waals surface area contributed by atoms with Crippen LogP contribution in [0.5, 0.6) is 0 Å². The molecule has 1 fully saturated rings. The third kappa shape index (κ3) is 2.94. The van der Waals surface area contributed by atoms with Crippen molar-refractivity contribution >= 4 is 37.2 Å². The molecule has 2 aromatic heterocycles. The van der Waals surface area contributed by atoms with Crippen molar-refractivity contribution in [2.45, 2.75) is 12.5 Å². The number of hydrogen-bond acceptors (Lipinski definition) is 6. The third-order valence-corrected chi connectivity index (χ3v) is 6.82. The van der Waals surface area contributed by atoms with Gasteiger partial charge in [0, 0.05) is 10.9 Å². The van der Waals surface area contributed by atoms with E-state index < -0.39 is 9.84 Å². The Balaban J connectivity index is 1.69. The van der Waals surface area contributed by atoms with E-state index in [-0.39, 0.29) is 17.5 Å². The summed E-state index contributed by atoms with van der Waals surface area (Å²) in [6.07, 6.45) is 2.16. The standard InChI is InChI=1S/C16H15N3O2S2/c20-23(21)7-6-12(9-23)19-15-13-8-14(11-4-2-1-3-5-11)22-16(13)18-10-17-15/h1-5,8,10,12H,6-7,9H2,(H,17,18,19)/t12-/m1/s1. The molecular weight excluding hydrogens is 330 g/mol. The molecule has 0 radical (unpaired) electrons. The summed E-state index contributed by atoms with van der Waals surface area (Å²) < 4.78 is 23.2. The summed E-state index contributed by atoms with van der Waals surface area (Å²) in [5, 5.41) is 4.23. The Morgan fingerprint density at radius 1 is 1.17 bits per heavy atom. The molecule has 0 saturated carbocycles. The number of rotatable bonds is 3. The van der Waals surface area contributed by atoms with Crippen LogP contribution in [0.4, 0.5) is 5.82 Å². The summed E-state index contributed by atoms with van der Waals surface area (Å²) in [6, 6.07) is 12.1. The lowest BCUT2D eigenvalue weighted by Crippen LogP contribution is -2.21. The Morgan fingerprint density at radius 2 is 2.00 bits per heavy atom. The van der Waals surface area contributed by atoms with Crippen LogP contribution < -0.4 is 5.32 Å². The predicted molar refractivity (Wildman–Crippen MR) is 93.5 cm³/mol. The second kappa shape index (κ2) is 5.58. The van der Waals surface area contributed by atoms with E-state index >= 15 is 0 Å². The molecule has 1 aliphatic heterocycles. The SMILES string of the molecule is O=S1(=O)CC[C@@H](Nc2ncnc3sc(-c4ccccc4)cc23)C1. The van der Waals surface area contributed by atoms with Gasteiger partial charge in [0.1, 0.15) is 17.0 Å². The van der Waals surface area contributed by atoms with Gasteiger partial charge in [-0.3, -0.25) is 0 Å². The minimum atomic E-state index is -2.91. The average molecular weight is 345 g/mol. The number of hydrogen-bond donors (Lipinski definition) is 1. The second-order valence-electron chi connectivity index (χ2n) is 5.66. The number of benzene rings is 1. The van der Waals surface area contributed by atoms with Crippen molar-refractivity contribution in [1.29, 1.82) is 0 Å². The van der Waals surface area contributed by atoms with Crippen molar-refractivity contribution in [3.63, 3.8) is 0 Å². The van der Waals surface area contributed by atoms with E-state index in [1.54, 1.807) is 11.3 Å². The maximum atomic E-state index is 11.6. The summed E-state index contributed by atoms with van der Waals surface area (Å²) in [6.45, 7) is 0. The van der Waals surface area contributed by atoms with Gasteiger partial charge in [-0.2, -0.15) is 0 Å². The van der Waals surface area contributed by atoms with Crippen molar-refractivity contribution in [3.8, 4) is 10.4 Å². The first-order valence-electron chi connectivity index (χ1n) is 7.38. The molecule has 0 bridgehead atoms. The van der Waals surface area contributed by atoms with Gasteiger partial charge in [-0.25, -0.2) is 18.4 Å². The lowest BCUT2D eigenvalue weighted by atomic mass is 10.2. The fraction of sp³-hybridized carbons (Fsp3) is 0.250. The number of nitrogens with one attached hydrogen (secondary N) is 1. The number of anilines is 1. The van der Waals surface area contributed by atoms with Gasteiger partial charge in [-0.15, -0.1) is 11.3 Å². The quantitative estimate of drug-likeness (QED) is 0.790. The summed E-state index contributed by atoms with van der Waals surface area (Å²) in [4.78, 5) is 10.7. The summed E-state index contributed by atoms with van der Waals surface area (Å²) in [5.41, 5.74) is 1.14. The number of nitrogens with zero attached hydrogens (tertiary/aromatic N) is 2. The lowest BCUT2D eigenvalue weighted by molar-refractivity contribution is 0.602. The minimum absolute atomic E-state index is 0.0711. The van der Waals surface area contributed by atoms with Crippen LogP contribution in [0.3, 0.4) is 0 Å². The fourth-order valence-corrected chi connectivity index (χ4v) is 5.50. The fourth-order valence-electron chi connectivity index (χ4n) is 2.82. The zero-order valence-corrected chi connectivity index (χ0v) is 13.9. The monoisotopic (exact) mass is 345 g/mol. The normalized spacial score (nSPS) is 19.9. The molecule has 1 N–H and O–H groups in total. The van der Waals surface area contributed by atoms with Crippen LogP contribution in [0.15, 0.2) is 42.7 Å². The van der Waals surface area contributed by atoms with Gasteiger partial charge in [-0.1, -0.05) is 30.3 Å². The van der Waals surface area contributed by atoms with Crippen LogP contribution in [0.1, 0.15) is 6.42 Å². The molecule has 1 aromatic carbocycles. The molecular formula is C16H15N3O2S2. The van der Waals surface area contributed by atoms with E-state index in [9.17, 15) is 8.42 Å². The number of fused-ring (bicyclic) bond motifs is 1. The molecule has 118 valence electrons. The number of aromatic nitrogens is 2. The van der Waals surface area contributed by atoms with E-state index in [0.29, 0.717) is 6.42 Å². The van der Waals surface area contributed by atoms with E-state index in [1.807, 2.05) is 18.2 Å². The summed E-state index contributed by atoms with van der Waals surface area (Å²) in [7, 11) is -2.91. The highest BCUT2D eigenvalue weighted by Crippen LogP contribution is 2.35. The van der Waals surface area contributed by atoms with Gasteiger partial charge in [0.15, 0.2) is 9.84 Å². The van der Waals surface area contributed by atoms with Crippen LogP contribution in [0, 0.1) is 0 Å². The van der Waals surface area contributed by atoms with Crippen molar-refractivity contribution in [2.24, 2.45) is 0 Å². The van der Waals surface area contributed by atoms with Crippen molar-refractivity contribution in [1.82, 2.24) is 9.97 Å². The number of thiophene rings is 1. The molecule has 7 heteroatoms. The Bertz CT molecular complexity index is 952. The highest BCUT2D eigenvalue weighted by Gasteiger charge is 2.28. The highest BCUT2D eigenvalue weighted by molar-refractivity contribution is 7.91. The Hall–Kier alpha value is -1.99. The van der Waals surface area contributed by atoms with E-state index in [1.165, 1.54) is 6.33 Å². The third-order valence-electron chi connectivity index (χ3n) is 3.96. The molecule has 1 saturated heterocycles. The lowest BCUT2D eigenvalue weighted by Gasteiger charge is -2.11. The van der Waals surface area contributed by atoms with Crippen LogP contribution in [0.2, 0.25) is 0 Å². The maximum absolute atomic E-state index is 11.6. The molecule has 1 aliphatic rings. The van der Waals surface area contributed by atoms with Crippen molar-refractivity contribution in [3.05, 3.63) is 42.7 Å². The Labute approximate surface area is 138 Å². The van der Waals surface area contributed by atoms with Crippen molar-refractivity contribution in [2.75, 3.05) is 16.8 Å². The second-order valence-corrected chi connectivity index (χ2v) is 8.92. The van der Waals surface area contributed by atoms with Crippen LogP contribution in [-0.4, -0.2) is 35.9 Å². The predicted octanol–water partition coefficient (Wildman–Crippen LogP) is 2.96. The molecule has 5 nitrogen and oxygen atoms in total. The smallest absolute Gasteiger partial charge is 0.152 e. The zero-order valence-electron chi connectivity index (χ0n) is 12.3. The first-order valence-corrected chi connectivity index (χ1v) is 10.0. The van der Waals surface area contributed by atoms with E-state index in [2.05, 4.69) is 33.5 Å². The minimum Gasteiger partial charge on any atom is -0.366 e. The number of sulfone groups is 1.